The number of aromatic hydroxyl groups is 2. The summed E-state index contributed by atoms with van der Waals surface area (Å²) in [6, 6.07) is 68.8. The third kappa shape index (κ3) is 15.7. The van der Waals surface area contributed by atoms with Gasteiger partial charge in [0.25, 0.3) is 0 Å². The molecule has 366 valence electrons. The molecular formula is C54H56N2O10S4. The fourth-order valence-electron chi connectivity index (χ4n) is 7.12. The van der Waals surface area contributed by atoms with Gasteiger partial charge < -0.3 is 30.8 Å². The topological polar surface area (TPSA) is 244 Å². The predicted octanol–water partition coefficient (Wildman–Crippen LogP) is 7.00. The van der Waals surface area contributed by atoms with Crippen LogP contribution in [0.15, 0.2) is 228 Å². The summed E-state index contributed by atoms with van der Waals surface area (Å²) in [6.45, 7) is 0. The molecule has 0 aromatic heterocycles. The average Bonchev–Trinajstić information content (AvgIpc) is 3.35. The summed E-state index contributed by atoms with van der Waals surface area (Å²) in [6.07, 6.45) is 6.56. The van der Waals surface area contributed by atoms with E-state index in [1.54, 1.807) is 25.0 Å². The van der Waals surface area contributed by atoms with E-state index >= 15 is 0 Å². The van der Waals surface area contributed by atoms with Gasteiger partial charge in [0, 0.05) is 80.0 Å². The molecule has 8 N–H and O–H groups in total. The van der Waals surface area contributed by atoms with E-state index in [0.717, 1.165) is 24.3 Å². The van der Waals surface area contributed by atoms with Gasteiger partial charge in [-0.05, 0) is 35.4 Å². The number of phenols is 2. The third-order valence-electron chi connectivity index (χ3n) is 10.4. The SMILES string of the molecule is CS(C)=O.CS(C)=O.O=S(=O)([O-])c1cc(-c2ccc(O)c(S(=O)(=O)[O-])c2)ccc1O.[NH3+]C(c1ccccc1)(c1ccccc1)c1ccccc1.[NH3+]C(c1ccccc1)(c1ccccc1)c1ccccc1. The van der Waals surface area contributed by atoms with Crippen molar-refractivity contribution in [3.63, 3.8) is 0 Å². The maximum absolute atomic E-state index is 11.0. The lowest BCUT2D eigenvalue weighted by molar-refractivity contribution is -0.455. The number of hydrogen-bond acceptors (Lipinski definition) is 10. The van der Waals surface area contributed by atoms with E-state index in [0.29, 0.717) is 0 Å². The summed E-state index contributed by atoms with van der Waals surface area (Å²) < 4.78 is 85.2. The van der Waals surface area contributed by atoms with E-state index in [1.807, 2.05) is 36.4 Å². The first-order valence-corrected chi connectivity index (χ1v) is 28.0. The van der Waals surface area contributed by atoms with Gasteiger partial charge in [-0.2, -0.15) is 0 Å². The van der Waals surface area contributed by atoms with E-state index in [4.69, 9.17) is 0 Å². The molecule has 0 aliphatic carbocycles. The molecule has 0 radical (unpaired) electrons. The molecule has 0 unspecified atom stereocenters. The van der Waals surface area contributed by atoms with Gasteiger partial charge in [-0.1, -0.05) is 194 Å². The summed E-state index contributed by atoms with van der Waals surface area (Å²) in [5.74, 6) is -1.51. The Balaban J connectivity index is 0.000000212. The molecule has 0 amide bonds. The van der Waals surface area contributed by atoms with Crippen LogP contribution < -0.4 is 11.5 Å². The van der Waals surface area contributed by atoms with Crippen LogP contribution in [0.3, 0.4) is 0 Å². The summed E-state index contributed by atoms with van der Waals surface area (Å²) in [5.41, 5.74) is 15.8. The first kappa shape index (κ1) is 56.0. The Hall–Kier alpha value is -6.60. The summed E-state index contributed by atoms with van der Waals surface area (Å²) in [7, 11) is -11.1. The Labute approximate surface area is 415 Å². The van der Waals surface area contributed by atoms with Crippen molar-refractivity contribution >= 4 is 41.8 Å². The lowest BCUT2D eigenvalue weighted by Gasteiger charge is -2.27. The molecular weight excluding hydrogens is 965 g/mol. The van der Waals surface area contributed by atoms with Gasteiger partial charge in [0.15, 0.2) is 11.1 Å². The van der Waals surface area contributed by atoms with Crippen LogP contribution in [0.5, 0.6) is 11.5 Å². The summed E-state index contributed by atoms with van der Waals surface area (Å²) in [4.78, 5) is -1.77. The highest BCUT2D eigenvalue weighted by Crippen LogP contribution is 2.35. The molecule has 0 fully saturated rings. The standard InChI is InChI=1S/2C19H17N.C12H10O8S2.2C2H6OS/c2*20-19(16-10-4-1-5-11-16,17-12-6-2-7-13-17)18-14-8-3-9-15-18;13-9-3-1-7(5-11(9)21(15,16)17)8-2-4-10(14)12(6-8)22(18,19)20;2*1-4(2)3/h2*1-15H,20H2;1-6,13-14H,(H,15,16,17)(H,18,19,20);2*1-2H3. The second kappa shape index (κ2) is 25.8. The molecule has 0 aliphatic rings. The Bertz CT molecular complexity index is 2740. The number of phenolic OH excluding ortho intramolecular Hbond substituents is 2. The molecule has 0 atom stereocenters. The van der Waals surface area contributed by atoms with Gasteiger partial charge in [-0.15, -0.1) is 0 Å². The minimum Gasteiger partial charge on any atom is -0.744 e. The van der Waals surface area contributed by atoms with Gasteiger partial charge in [0.2, 0.25) is 0 Å². The average molecular weight is 1020 g/mol. The molecule has 0 saturated heterocycles. The van der Waals surface area contributed by atoms with Crippen molar-refractivity contribution in [2.24, 2.45) is 0 Å². The lowest BCUT2D eigenvalue weighted by atomic mass is 9.78. The molecule has 0 bridgehead atoms. The minimum atomic E-state index is -4.94. The Kier molecular flexibility index (Phi) is 20.7. The zero-order valence-electron chi connectivity index (χ0n) is 39.0. The maximum Gasteiger partial charge on any atom is 0.172 e. The third-order valence-corrected chi connectivity index (χ3v) is 12.1. The number of rotatable bonds is 9. The van der Waals surface area contributed by atoms with E-state index < -0.39 is 63.1 Å². The van der Waals surface area contributed by atoms with Crippen molar-refractivity contribution in [3.8, 4) is 22.6 Å². The normalized spacial score (nSPS) is 11.3. The van der Waals surface area contributed by atoms with Crippen LogP contribution in [0, 0.1) is 0 Å². The van der Waals surface area contributed by atoms with Crippen LogP contribution >= 0.6 is 0 Å². The monoisotopic (exact) mass is 1020 g/mol. The van der Waals surface area contributed by atoms with Gasteiger partial charge in [-0.3, -0.25) is 8.42 Å². The van der Waals surface area contributed by atoms with E-state index in [1.165, 1.54) is 45.5 Å². The number of quaternary nitrogens is 2. The van der Waals surface area contributed by atoms with Crippen molar-refractivity contribution in [2.45, 2.75) is 20.9 Å². The second-order valence-corrected chi connectivity index (χ2v) is 21.4. The zero-order chi connectivity index (χ0) is 51.5. The minimum absolute atomic E-state index is 0.0668. The number of benzene rings is 8. The Morgan fingerprint density at radius 3 is 0.700 bits per heavy atom. The molecule has 0 spiro atoms. The molecule has 0 aliphatic heterocycles. The molecule has 8 rings (SSSR count). The first-order valence-electron chi connectivity index (χ1n) is 21.2. The summed E-state index contributed by atoms with van der Waals surface area (Å²) >= 11 is 0. The van der Waals surface area contributed by atoms with Crippen LogP contribution in [0.1, 0.15) is 33.4 Å². The van der Waals surface area contributed by atoms with E-state index in [9.17, 15) is 44.6 Å². The smallest absolute Gasteiger partial charge is 0.172 e. The summed E-state index contributed by atoms with van der Waals surface area (Å²) in [5, 5.41) is 18.8. The highest BCUT2D eigenvalue weighted by Gasteiger charge is 2.37. The molecule has 8 aromatic rings. The molecule has 0 saturated carbocycles. The van der Waals surface area contributed by atoms with Crippen molar-refractivity contribution < 1.29 is 56.0 Å². The molecule has 8 aromatic carbocycles. The van der Waals surface area contributed by atoms with Gasteiger partial charge in [-0.25, -0.2) is 16.8 Å². The van der Waals surface area contributed by atoms with E-state index in [-0.39, 0.29) is 22.2 Å². The van der Waals surface area contributed by atoms with Crippen LogP contribution in [0.4, 0.5) is 0 Å². The second-order valence-electron chi connectivity index (χ2n) is 15.8. The first-order chi connectivity index (χ1) is 33.1. The largest absolute Gasteiger partial charge is 0.744 e. The van der Waals surface area contributed by atoms with Gasteiger partial charge in [0.1, 0.15) is 31.7 Å². The van der Waals surface area contributed by atoms with Crippen molar-refractivity contribution in [1.82, 2.24) is 0 Å². The van der Waals surface area contributed by atoms with Crippen molar-refractivity contribution in [2.75, 3.05) is 25.0 Å². The molecule has 12 nitrogen and oxygen atoms in total. The number of hydrogen-bond donors (Lipinski definition) is 4. The van der Waals surface area contributed by atoms with Crippen molar-refractivity contribution in [3.05, 3.63) is 252 Å². The Morgan fingerprint density at radius 2 is 0.543 bits per heavy atom. The van der Waals surface area contributed by atoms with Gasteiger partial charge in [0.05, 0.1) is 9.79 Å². The lowest BCUT2D eigenvalue weighted by Crippen LogP contribution is -2.71. The van der Waals surface area contributed by atoms with E-state index in [2.05, 4.69) is 157 Å². The van der Waals surface area contributed by atoms with Crippen LogP contribution in [0.25, 0.3) is 11.1 Å². The van der Waals surface area contributed by atoms with Crippen LogP contribution in [-0.2, 0) is 52.9 Å². The quantitative estimate of drug-likeness (QED) is 0.0852. The highest BCUT2D eigenvalue weighted by atomic mass is 32.2. The highest BCUT2D eigenvalue weighted by molar-refractivity contribution is 7.86. The fourth-order valence-corrected chi connectivity index (χ4v) is 8.31. The van der Waals surface area contributed by atoms with Gasteiger partial charge >= 0.3 is 0 Å². The molecule has 16 heteroatoms. The predicted molar refractivity (Wildman–Crippen MR) is 275 cm³/mol. The van der Waals surface area contributed by atoms with Crippen molar-refractivity contribution in [1.29, 1.82) is 0 Å². The molecule has 0 heterocycles. The molecule has 70 heavy (non-hydrogen) atoms. The zero-order valence-corrected chi connectivity index (χ0v) is 42.3. The fraction of sp³-hybridized carbons (Fsp3) is 0.111. The van der Waals surface area contributed by atoms with Crippen LogP contribution in [-0.4, -0.2) is 69.6 Å². The Morgan fingerprint density at radius 1 is 0.371 bits per heavy atom. The maximum atomic E-state index is 11.0. The van der Waals surface area contributed by atoms with Crippen LogP contribution in [0.2, 0.25) is 0 Å².